The van der Waals surface area contributed by atoms with Crippen LogP contribution in [0.1, 0.15) is 66.4 Å². The van der Waals surface area contributed by atoms with E-state index in [4.69, 9.17) is 0 Å². The second-order valence-corrected chi connectivity index (χ2v) is 12.9. The van der Waals surface area contributed by atoms with Crippen molar-refractivity contribution in [3.8, 4) is 11.1 Å². The lowest BCUT2D eigenvalue weighted by molar-refractivity contribution is -0.139. The summed E-state index contributed by atoms with van der Waals surface area (Å²) in [4.78, 5) is 38.1. The summed E-state index contributed by atoms with van der Waals surface area (Å²) in [5.74, 6) is 2.41. The number of benzene rings is 2. The summed E-state index contributed by atoms with van der Waals surface area (Å²) in [5, 5.41) is 15.7. The third kappa shape index (κ3) is 6.34. The second-order valence-electron chi connectivity index (χ2n) is 11.9. The van der Waals surface area contributed by atoms with Crippen LogP contribution in [-0.2, 0) is 16.0 Å². The molecule has 2 aromatic rings. The Morgan fingerprint density at radius 2 is 1.67 bits per heavy atom. The number of carboxylic acid groups (broad SMARTS) is 1. The molecule has 3 N–H and O–H groups in total. The van der Waals surface area contributed by atoms with Gasteiger partial charge in [0.1, 0.15) is 6.04 Å². The number of rotatable bonds is 11. The highest BCUT2D eigenvalue weighted by atomic mass is 32.2. The monoisotopic (exact) mass is 548 g/mol. The molecule has 0 heterocycles. The van der Waals surface area contributed by atoms with Crippen molar-refractivity contribution in [3.05, 3.63) is 59.2 Å². The van der Waals surface area contributed by atoms with Gasteiger partial charge in [0.2, 0.25) is 5.91 Å². The van der Waals surface area contributed by atoms with Gasteiger partial charge in [0.05, 0.1) is 0 Å². The summed E-state index contributed by atoms with van der Waals surface area (Å²) in [7, 11) is 0. The van der Waals surface area contributed by atoms with E-state index < -0.39 is 17.9 Å². The third-order valence-corrected chi connectivity index (χ3v) is 9.82. The van der Waals surface area contributed by atoms with Gasteiger partial charge in [0.15, 0.2) is 0 Å². The zero-order chi connectivity index (χ0) is 27.5. The van der Waals surface area contributed by atoms with Crippen LogP contribution in [0, 0.1) is 30.6 Å². The van der Waals surface area contributed by atoms with Gasteiger partial charge >= 0.3 is 5.97 Å². The van der Waals surface area contributed by atoms with Crippen LogP contribution in [0.25, 0.3) is 11.1 Å². The van der Waals surface area contributed by atoms with E-state index in [2.05, 4.69) is 10.6 Å². The van der Waals surface area contributed by atoms with Gasteiger partial charge in [0, 0.05) is 18.0 Å². The molecule has 39 heavy (non-hydrogen) atoms. The number of thioether (sulfide) groups is 1. The molecule has 4 aliphatic carbocycles. The van der Waals surface area contributed by atoms with E-state index in [1.165, 1.54) is 32.1 Å². The van der Waals surface area contributed by atoms with Crippen molar-refractivity contribution in [3.63, 3.8) is 0 Å². The molecule has 2 aromatic carbocycles. The Hall–Kier alpha value is -2.80. The standard InChI is InChI=1S/C32H40N2O4S/c1-19-5-3-4-6-25(19)27-18-20(7-9-26(27)31(36)33-28(32(37)38)11-12-39-2)8-10-29(35)34-30-23-14-21-13-22(16-23)17-24(30)15-21/h3-7,9,18,21-24,28,30H,8,10-17H2,1-2H3,(H,33,36)(H,34,35)(H,37,38). The summed E-state index contributed by atoms with van der Waals surface area (Å²) in [6.45, 7) is 2.00. The Kier molecular flexibility index (Phi) is 8.65. The molecule has 6 rings (SSSR count). The number of carbonyl (C=O) groups excluding carboxylic acids is 2. The van der Waals surface area contributed by atoms with Gasteiger partial charge in [-0.15, -0.1) is 0 Å². The van der Waals surface area contributed by atoms with E-state index >= 15 is 0 Å². The van der Waals surface area contributed by atoms with Gasteiger partial charge in [-0.05, 0) is 116 Å². The molecule has 1 unspecified atom stereocenters. The van der Waals surface area contributed by atoms with Gasteiger partial charge in [0.25, 0.3) is 5.91 Å². The van der Waals surface area contributed by atoms with Crippen LogP contribution in [0.15, 0.2) is 42.5 Å². The van der Waals surface area contributed by atoms with Crippen LogP contribution in [0.3, 0.4) is 0 Å². The molecule has 0 spiro atoms. The molecule has 0 radical (unpaired) electrons. The second kappa shape index (κ2) is 12.2. The maximum Gasteiger partial charge on any atom is 0.326 e. The fraction of sp³-hybridized carbons (Fsp3) is 0.531. The SMILES string of the molecule is CSCCC(NC(=O)c1ccc(CCC(=O)NC2C3CC4CC(C3)CC2C4)cc1-c1ccccc1C)C(=O)O. The summed E-state index contributed by atoms with van der Waals surface area (Å²) < 4.78 is 0. The lowest BCUT2D eigenvalue weighted by Crippen LogP contribution is -2.55. The van der Waals surface area contributed by atoms with E-state index in [1.54, 1.807) is 17.8 Å². The number of aliphatic carboxylic acids is 1. The summed E-state index contributed by atoms with van der Waals surface area (Å²) in [5.41, 5.74) is 4.15. The van der Waals surface area contributed by atoms with Crippen LogP contribution >= 0.6 is 11.8 Å². The minimum atomic E-state index is -1.03. The van der Waals surface area contributed by atoms with E-state index in [0.29, 0.717) is 48.5 Å². The number of carboxylic acids is 1. The van der Waals surface area contributed by atoms with Gasteiger partial charge < -0.3 is 15.7 Å². The fourth-order valence-electron chi connectivity index (χ4n) is 7.45. The molecule has 4 aliphatic rings. The van der Waals surface area contributed by atoms with Crippen molar-refractivity contribution < 1.29 is 19.5 Å². The van der Waals surface area contributed by atoms with Crippen molar-refractivity contribution in [2.24, 2.45) is 23.7 Å². The number of hydrogen-bond donors (Lipinski definition) is 3. The van der Waals surface area contributed by atoms with Crippen molar-refractivity contribution >= 4 is 29.5 Å². The van der Waals surface area contributed by atoms with E-state index in [1.807, 2.05) is 49.6 Å². The van der Waals surface area contributed by atoms with Crippen molar-refractivity contribution in [1.82, 2.24) is 10.6 Å². The summed E-state index contributed by atoms with van der Waals surface area (Å²) in [6, 6.07) is 12.9. The van der Waals surface area contributed by atoms with E-state index in [0.717, 1.165) is 34.1 Å². The Morgan fingerprint density at radius 1 is 0.974 bits per heavy atom. The Morgan fingerprint density at radius 3 is 2.31 bits per heavy atom. The molecule has 0 saturated heterocycles. The van der Waals surface area contributed by atoms with Crippen LogP contribution in [0.4, 0.5) is 0 Å². The average molecular weight is 549 g/mol. The molecule has 7 heteroatoms. The third-order valence-electron chi connectivity index (χ3n) is 9.17. The topological polar surface area (TPSA) is 95.5 Å². The molecule has 208 valence electrons. The largest absolute Gasteiger partial charge is 0.480 e. The maximum atomic E-state index is 13.3. The highest BCUT2D eigenvalue weighted by Gasteiger charge is 2.48. The molecule has 4 saturated carbocycles. The quantitative estimate of drug-likeness (QED) is 0.346. The number of nitrogens with one attached hydrogen (secondary N) is 2. The first kappa shape index (κ1) is 27.8. The van der Waals surface area contributed by atoms with Crippen molar-refractivity contribution in [2.45, 2.75) is 70.4 Å². The summed E-state index contributed by atoms with van der Waals surface area (Å²) in [6.07, 6.45) is 9.80. The maximum absolute atomic E-state index is 13.3. The van der Waals surface area contributed by atoms with Crippen molar-refractivity contribution in [2.75, 3.05) is 12.0 Å². The molecule has 4 bridgehead atoms. The molecule has 1 atom stereocenters. The lowest BCUT2D eigenvalue weighted by Gasteiger charge is -2.54. The first-order valence-electron chi connectivity index (χ1n) is 14.3. The molecular weight excluding hydrogens is 508 g/mol. The lowest BCUT2D eigenvalue weighted by atomic mass is 9.54. The van der Waals surface area contributed by atoms with Crippen LogP contribution < -0.4 is 10.6 Å². The van der Waals surface area contributed by atoms with Crippen LogP contribution in [-0.4, -0.2) is 47.0 Å². The number of carbonyl (C=O) groups is 3. The molecule has 0 aromatic heterocycles. The molecule has 0 aliphatic heterocycles. The fourth-order valence-corrected chi connectivity index (χ4v) is 7.92. The van der Waals surface area contributed by atoms with Crippen molar-refractivity contribution in [1.29, 1.82) is 0 Å². The van der Waals surface area contributed by atoms with Gasteiger partial charge in [-0.3, -0.25) is 9.59 Å². The minimum absolute atomic E-state index is 0.116. The smallest absolute Gasteiger partial charge is 0.326 e. The average Bonchev–Trinajstić information content (AvgIpc) is 2.91. The van der Waals surface area contributed by atoms with E-state index in [-0.39, 0.29) is 5.91 Å². The summed E-state index contributed by atoms with van der Waals surface area (Å²) >= 11 is 1.55. The highest BCUT2D eigenvalue weighted by Crippen LogP contribution is 2.53. The number of amides is 2. The normalized spacial score (nSPS) is 25.7. The predicted octanol–water partition coefficient (Wildman–Crippen LogP) is 5.47. The number of aryl methyl sites for hydroxylation is 2. The molecule has 6 nitrogen and oxygen atoms in total. The predicted molar refractivity (Wildman–Crippen MR) is 156 cm³/mol. The zero-order valence-corrected chi connectivity index (χ0v) is 23.8. The van der Waals surface area contributed by atoms with Gasteiger partial charge in [-0.25, -0.2) is 4.79 Å². The van der Waals surface area contributed by atoms with Crippen LogP contribution in [0.2, 0.25) is 0 Å². The first-order valence-corrected chi connectivity index (χ1v) is 15.7. The zero-order valence-electron chi connectivity index (χ0n) is 22.9. The Bertz CT molecular complexity index is 1200. The highest BCUT2D eigenvalue weighted by molar-refractivity contribution is 7.98. The molecule has 4 fully saturated rings. The molecule has 2 amide bonds. The Balaban J connectivity index is 1.30. The number of hydrogen-bond acceptors (Lipinski definition) is 4. The van der Waals surface area contributed by atoms with Crippen LogP contribution in [0.5, 0.6) is 0 Å². The van der Waals surface area contributed by atoms with E-state index in [9.17, 15) is 19.5 Å². The van der Waals surface area contributed by atoms with Gasteiger partial charge in [-0.2, -0.15) is 11.8 Å². The first-order chi connectivity index (χ1) is 18.8. The van der Waals surface area contributed by atoms with Gasteiger partial charge in [-0.1, -0.05) is 36.4 Å². The molecular formula is C32H40N2O4S. The minimum Gasteiger partial charge on any atom is -0.480 e. The Labute approximate surface area is 235 Å².